The quantitative estimate of drug-likeness (QED) is 0.754. The van der Waals surface area contributed by atoms with E-state index in [1.807, 2.05) is 0 Å². The van der Waals surface area contributed by atoms with Gasteiger partial charge in [-0.05, 0) is 30.5 Å². The Morgan fingerprint density at radius 2 is 2.12 bits per heavy atom. The van der Waals surface area contributed by atoms with Crippen LogP contribution in [0.3, 0.4) is 0 Å². The van der Waals surface area contributed by atoms with Gasteiger partial charge in [0.05, 0.1) is 0 Å². The topological polar surface area (TPSA) is 9.23 Å². The molecule has 88 valence electrons. The molecule has 16 heavy (non-hydrogen) atoms. The molecule has 2 rings (SSSR count). The van der Waals surface area contributed by atoms with Crippen molar-refractivity contribution in [2.75, 3.05) is 11.8 Å². The molecule has 0 saturated carbocycles. The van der Waals surface area contributed by atoms with Crippen LogP contribution in [0.15, 0.2) is 18.2 Å². The van der Waals surface area contributed by atoms with E-state index in [0.29, 0.717) is 11.8 Å². The second-order valence-electron chi connectivity index (χ2n) is 4.11. The summed E-state index contributed by atoms with van der Waals surface area (Å²) in [4.78, 5) is 0. The highest BCUT2D eigenvalue weighted by molar-refractivity contribution is 6.20. The minimum absolute atomic E-state index is 0.0827. The largest absolute Gasteiger partial charge is 0.490 e. The molecule has 0 N–H and O–H groups in total. The normalized spacial score (nSPS) is 18.6. The molecule has 1 aromatic carbocycles. The van der Waals surface area contributed by atoms with Crippen molar-refractivity contribution in [3.05, 3.63) is 29.6 Å². The zero-order chi connectivity index (χ0) is 11.5. The van der Waals surface area contributed by atoms with Crippen LogP contribution in [0.2, 0.25) is 0 Å². The highest BCUT2D eigenvalue weighted by Gasteiger charge is 2.25. The van der Waals surface area contributed by atoms with Crippen LogP contribution in [-0.2, 0) is 6.42 Å². The third-order valence-electron chi connectivity index (χ3n) is 2.80. The van der Waals surface area contributed by atoms with E-state index in [2.05, 4.69) is 0 Å². The van der Waals surface area contributed by atoms with Crippen molar-refractivity contribution < 1.29 is 9.13 Å². The van der Waals surface area contributed by atoms with E-state index in [-0.39, 0.29) is 17.8 Å². The zero-order valence-electron chi connectivity index (χ0n) is 8.76. The Bertz CT molecular complexity index is 366. The van der Waals surface area contributed by atoms with Crippen LogP contribution in [0.4, 0.5) is 4.39 Å². The maximum absolute atomic E-state index is 13.0. The van der Waals surface area contributed by atoms with Crippen molar-refractivity contribution in [2.45, 2.75) is 18.9 Å². The number of benzene rings is 1. The zero-order valence-corrected chi connectivity index (χ0v) is 10.3. The first kappa shape index (κ1) is 12.0. The van der Waals surface area contributed by atoms with Gasteiger partial charge in [0.2, 0.25) is 0 Å². The predicted molar refractivity (Wildman–Crippen MR) is 64.1 cm³/mol. The second kappa shape index (κ2) is 5.24. The molecule has 1 atom stereocenters. The third-order valence-corrected chi connectivity index (χ3v) is 3.67. The summed E-state index contributed by atoms with van der Waals surface area (Å²) < 4.78 is 18.7. The van der Waals surface area contributed by atoms with Gasteiger partial charge in [-0.25, -0.2) is 4.39 Å². The van der Waals surface area contributed by atoms with E-state index in [0.717, 1.165) is 24.2 Å². The van der Waals surface area contributed by atoms with Gasteiger partial charge in [0.15, 0.2) is 0 Å². The van der Waals surface area contributed by atoms with E-state index in [1.165, 1.54) is 12.1 Å². The van der Waals surface area contributed by atoms with E-state index in [4.69, 9.17) is 27.9 Å². The molecule has 0 bridgehead atoms. The Labute approximate surface area is 105 Å². The molecule has 0 aromatic heterocycles. The Hall–Kier alpha value is -0.470. The first-order valence-electron chi connectivity index (χ1n) is 5.30. The summed E-state index contributed by atoms with van der Waals surface area (Å²) in [5.41, 5.74) is 0.938. The highest BCUT2D eigenvalue weighted by atomic mass is 35.5. The fourth-order valence-electron chi connectivity index (χ4n) is 1.96. The fourth-order valence-corrected chi connectivity index (χ4v) is 2.54. The smallest absolute Gasteiger partial charge is 0.123 e. The summed E-state index contributed by atoms with van der Waals surface area (Å²) in [6.07, 6.45) is 1.65. The molecule has 1 aliphatic rings. The second-order valence-corrected chi connectivity index (χ2v) is 4.72. The fraction of sp³-hybridized carbons (Fsp3) is 0.500. The molecule has 0 fully saturated rings. The van der Waals surface area contributed by atoms with Crippen molar-refractivity contribution in [1.82, 2.24) is 0 Å². The number of hydrogen-bond acceptors (Lipinski definition) is 1. The lowest BCUT2D eigenvalue weighted by molar-refractivity contribution is 0.203. The van der Waals surface area contributed by atoms with Crippen molar-refractivity contribution in [3.63, 3.8) is 0 Å². The Morgan fingerprint density at radius 1 is 1.38 bits per heavy atom. The van der Waals surface area contributed by atoms with Gasteiger partial charge in [-0.3, -0.25) is 0 Å². The number of rotatable bonds is 4. The van der Waals surface area contributed by atoms with Crippen LogP contribution in [0, 0.1) is 11.7 Å². The lowest BCUT2D eigenvalue weighted by Crippen LogP contribution is -2.20. The van der Waals surface area contributed by atoms with Crippen LogP contribution >= 0.6 is 23.2 Å². The monoisotopic (exact) mass is 262 g/mol. The molecule has 0 amide bonds. The van der Waals surface area contributed by atoms with Crippen LogP contribution < -0.4 is 4.74 Å². The first-order chi connectivity index (χ1) is 7.72. The van der Waals surface area contributed by atoms with Crippen molar-refractivity contribution >= 4 is 23.2 Å². The summed E-state index contributed by atoms with van der Waals surface area (Å²) in [6, 6.07) is 4.63. The molecule has 1 nitrogen and oxygen atoms in total. The maximum Gasteiger partial charge on any atom is 0.123 e. The molecule has 0 radical (unpaired) electrons. The minimum Gasteiger partial charge on any atom is -0.490 e. The molecule has 1 aromatic rings. The first-order valence-corrected chi connectivity index (χ1v) is 6.37. The van der Waals surface area contributed by atoms with Crippen LogP contribution in [-0.4, -0.2) is 17.9 Å². The molecule has 1 heterocycles. The third kappa shape index (κ3) is 2.61. The van der Waals surface area contributed by atoms with Crippen LogP contribution in [0.5, 0.6) is 5.75 Å². The molecule has 4 heteroatoms. The SMILES string of the molecule is Fc1ccc2c(c1)CC(CC(CCl)CCl)O2. The van der Waals surface area contributed by atoms with Gasteiger partial charge in [-0.2, -0.15) is 0 Å². The summed E-state index contributed by atoms with van der Waals surface area (Å²) >= 11 is 11.6. The molecule has 0 aliphatic carbocycles. The number of halogens is 3. The van der Waals surface area contributed by atoms with Crippen LogP contribution in [0.1, 0.15) is 12.0 Å². The molecule has 0 saturated heterocycles. The number of fused-ring (bicyclic) bond motifs is 1. The summed E-state index contributed by atoms with van der Waals surface area (Å²) in [6.45, 7) is 0. The Morgan fingerprint density at radius 3 is 2.81 bits per heavy atom. The highest BCUT2D eigenvalue weighted by Crippen LogP contribution is 2.32. The Balaban J connectivity index is 2.00. The van der Waals surface area contributed by atoms with Gasteiger partial charge in [0, 0.05) is 23.7 Å². The van der Waals surface area contributed by atoms with E-state index < -0.39 is 0 Å². The summed E-state index contributed by atoms with van der Waals surface area (Å²) in [7, 11) is 0. The van der Waals surface area contributed by atoms with Crippen molar-refractivity contribution in [1.29, 1.82) is 0 Å². The average molecular weight is 263 g/mol. The lowest BCUT2D eigenvalue weighted by atomic mass is 10.0. The molecular weight excluding hydrogens is 250 g/mol. The summed E-state index contributed by atoms with van der Waals surface area (Å²) in [5.74, 6) is 1.90. The van der Waals surface area contributed by atoms with Gasteiger partial charge in [0.25, 0.3) is 0 Å². The predicted octanol–water partition coefficient (Wildman–Crippen LogP) is 3.61. The van der Waals surface area contributed by atoms with E-state index in [9.17, 15) is 4.39 Å². The summed E-state index contributed by atoms with van der Waals surface area (Å²) in [5, 5.41) is 0. The number of alkyl halides is 2. The standard InChI is InChI=1S/C12H13Cl2FO/c13-6-8(7-14)3-11-5-9-4-10(15)1-2-12(9)16-11/h1-2,4,8,11H,3,5-7H2. The number of hydrogen-bond donors (Lipinski definition) is 0. The molecular formula is C12H13Cl2FO. The minimum atomic E-state index is -0.214. The van der Waals surface area contributed by atoms with Crippen molar-refractivity contribution in [3.8, 4) is 5.75 Å². The van der Waals surface area contributed by atoms with Crippen molar-refractivity contribution in [2.24, 2.45) is 5.92 Å². The van der Waals surface area contributed by atoms with Crippen LogP contribution in [0.25, 0.3) is 0 Å². The average Bonchev–Trinajstić information content (AvgIpc) is 2.67. The lowest BCUT2D eigenvalue weighted by Gasteiger charge is -2.15. The van der Waals surface area contributed by atoms with Gasteiger partial charge < -0.3 is 4.74 Å². The van der Waals surface area contributed by atoms with Gasteiger partial charge in [-0.15, -0.1) is 23.2 Å². The van der Waals surface area contributed by atoms with Gasteiger partial charge in [0.1, 0.15) is 17.7 Å². The molecule has 1 aliphatic heterocycles. The van der Waals surface area contributed by atoms with Gasteiger partial charge >= 0.3 is 0 Å². The maximum atomic E-state index is 13.0. The van der Waals surface area contributed by atoms with Gasteiger partial charge in [-0.1, -0.05) is 0 Å². The van der Waals surface area contributed by atoms with E-state index in [1.54, 1.807) is 6.07 Å². The van der Waals surface area contributed by atoms with E-state index >= 15 is 0 Å². The molecule has 0 spiro atoms. The molecule has 1 unspecified atom stereocenters. The Kier molecular flexibility index (Phi) is 3.93. The number of ether oxygens (including phenoxy) is 1.